The normalized spacial score (nSPS) is 10.6. The summed E-state index contributed by atoms with van der Waals surface area (Å²) in [6.07, 6.45) is 0. The van der Waals surface area contributed by atoms with Crippen LogP contribution in [0.1, 0.15) is 12.5 Å². The molecule has 5 heteroatoms. The van der Waals surface area contributed by atoms with Gasteiger partial charge < -0.3 is 10.1 Å². The van der Waals surface area contributed by atoms with Gasteiger partial charge in [0, 0.05) is 11.0 Å². The van der Waals surface area contributed by atoms with Gasteiger partial charge in [-0.1, -0.05) is 28.9 Å². The summed E-state index contributed by atoms with van der Waals surface area (Å²) in [5.41, 5.74) is 0.811. The van der Waals surface area contributed by atoms with Gasteiger partial charge in [0.1, 0.15) is 0 Å². The second kappa shape index (κ2) is 6.81. The molecule has 106 valence electrons. The summed E-state index contributed by atoms with van der Waals surface area (Å²) in [4.78, 5) is 0. The molecule has 0 aliphatic carbocycles. The molecule has 2 aromatic carbocycles. The van der Waals surface area contributed by atoms with E-state index in [1.807, 2.05) is 6.92 Å². The average molecular weight is 342 g/mol. The molecule has 1 N–H and O–H groups in total. The van der Waals surface area contributed by atoms with E-state index in [4.69, 9.17) is 4.74 Å². The van der Waals surface area contributed by atoms with E-state index in [2.05, 4.69) is 21.2 Å². The Bertz CT molecular complexity index is 604. The number of rotatable bonds is 5. The van der Waals surface area contributed by atoms with Crippen LogP contribution in [0.3, 0.4) is 0 Å². The first-order chi connectivity index (χ1) is 9.60. The maximum Gasteiger partial charge on any atom is 0.166 e. The summed E-state index contributed by atoms with van der Waals surface area (Å²) < 4.78 is 33.4. The van der Waals surface area contributed by atoms with E-state index in [0.29, 0.717) is 11.0 Å². The van der Waals surface area contributed by atoms with Crippen LogP contribution in [0.5, 0.6) is 11.5 Å². The largest absolute Gasteiger partial charge is 0.451 e. The zero-order valence-corrected chi connectivity index (χ0v) is 12.5. The first-order valence-electron chi connectivity index (χ1n) is 6.22. The summed E-state index contributed by atoms with van der Waals surface area (Å²) in [5.74, 6) is -1.07. The van der Waals surface area contributed by atoms with Gasteiger partial charge in [-0.3, -0.25) is 0 Å². The Labute approximate surface area is 124 Å². The molecule has 0 atom stereocenters. The molecule has 0 aliphatic heterocycles. The maximum absolute atomic E-state index is 13.9. The Kier molecular flexibility index (Phi) is 5.09. The van der Waals surface area contributed by atoms with Crippen LogP contribution in [0.25, 0.3) is 0 Å². The minimum absolute atomic E-state index is 0.00208. The van der Waals surface area contributed by atoms with Gasteiger partial charge >= 0.3 is 0 Å². The van der Waals surface area contributed by atoms with Gasteiger partial charge in [0.2, 0.25) is 0 Å². The summed E-state index contributed by atoms with van der Waals surface area (Å²) in [5, 5.41) is 3.10. The second-order valence-corrected chi connectivity index (χ2v) is 5.14. The third-order valence-electron chi connectivity index (χ3n) is 2.69. The number of hydrogen-bond acceptors (Lipinski definition) is 2. The second-order valence-electron chi connectivity index (χ2n) is 4.22. The van der Waals surface area contributed by atoms with Crippen molar-refractivity contribution in [3.8, 4) is 11.5 Å². The lowest BCUT2D eigenvalue weighted by Gasteiger charge is -2.09. The number of halogens is 3. The predicted molar refractivity (Wildman–Crippen MR) is 78.0 cm³/mol. The van der Waals surface area contributed by atoms with E-state index in [9.17, 15) is 8.78 Å². The Morgan fingerprint density at radius 1 is 1.05 bits per heavy atom. The molecule has 0 radical (unpaired) electrons. The molecule has 0 fully saturated rings. The molecule has 0 saturated heterocycles. The summed E-state index contributed by atoms with van der Waals surface area (Å²) in [7, 11) is 0. The molecule has 0 aliphatic rings. The predicted octanol–water partition coefficient (Wildman–Crippen LogP) is 4.63. The Morgan fingerprint density at radius 2 is 1.85 bits per heavy atom. The van der Waals surface area contributed by atoms with Gasteiger partial charge in [0.05, 0.1) is 0 Å². The fourth-order valence-electron chi connectivity index (χ4n) is 1.68. The van der Waals surface area contributed by atoms with Crippen LogP contribution in [-0.2, 0) is 6.54 Å². The van der Waals surface area contributed by atoms with Crippen LogP contribution < -0.4 is 10.1 Å². The standard InChI is InChI=1S/C15H14BrF2NO/c1-2-19-9-10-3-6-14(13(18)7-10)20-15-8-11(16)4-5-12(15)17/h3-8,19H,2,9H2,1H3. The van der Waals surface area contributed by atoms with Crippen LogP contribution in [0.4, 0.5) is 8.78 Å². The maximum atomic E-state index is 13.9. The molecular formula is C15H14BrF2NO. The quantitative estimate of drug-likeness (QED) is 0.856. The van der Waals surface area contributed by atoms with Crippen molar-refractivity contribution in [1.82, 2.24) is 5.32 Å². The fraction of sp³-hybridized carbons (Fsp3) is 0.200. The van der Waals surface area contributed by atoms with Crippen molar-refractivity contribution in [2.45, 2.75) is 13.5 Å². The SMILES string of the molecule is CCNCc1ccc(Oc2cc(Br)ccc2F)c(F)c1. The summed E-state index contributed by atoms with van der Waals surface area (Å²) in [6.45, 7) is 3.37. The molecule has 0 spiro atoms. The van der Waals surface area contributed by atoms with Crippen molar-refractivity contribution in [1.29, 1.82) is 0 Å². The van der Waals surface area contributed by atoms with Crippen molar-refractivity contribution in [2.75, 3.05) is 6.54 Å². The van der Waals surface area contributed by atoms with Gasteiger partial charge in [-0.2, -0.15) is 0 Å². The highest BCUT2D eigenvalue weighted by Gasteiger charge is 2.10. The van der Waals surface area contributed by atoms with E-state index in [0.717, 1.165) is 12.1 Å². The number of nitrogens with one attached hydrogen (secondary N) is 1. The van der Waals surface area contributed by atoms with Crippen LogP contribution in [-0.4, -0.2) is 6.54 Å². The van der Waals surface area contributed by atoms with Crippen LogP contribution >= 0.6 is 15.9 Å². The van der Waals surface area contributed by atoms with Gasteiger partial charge in [0.25, 0.3) is 0 Å². The number of benzene rings is 2. The lowest BCUT2D eigenvalue weighted by atomic mass is 10.2. The molecule has 0 aromatic heterocycles. The molecular weight excluding hydrogens is 328 g/mol. The molecule has 2 rings (SSSR count). The van der Waals surface area contributed by atoms with Gasteiger partial charge in [-0.15, -0.1) is 0 Å². The lowest BCUT2D eigenvalue weighted by molar-refractivity contribution is 0.414. The zero-order chi connectivity index (χ0) is 14.5. The molecule has 20 heavy (non-hydrogen) atoms. The van der Waals surface area contributed by atoms with Crippen molar-refractivity contribution < 1.29 is 13.5 Å². The highest BCUT2D eigenvalue weighted by Crippen LogP contribution is 2.29. The Balaban J connectivity index is 2.19. The minimum atomic E-state index is -0.538. The van der Waals surface area contributed by atoms with E-state index in [1.54, 1.807) is 12.1 Å². The highest BCUT2D eigenvalue weighted by atomic mass is 79.9. The molecule has 0 saturated carbocycles. The monoisotopic (exact) mass is 341 g/mol. The number of hydrogen-bond donors (Lipinski definition) is 1. The Hall–Kier alpha value is -1.46. The summed E-state index contributed by atoms with van der Waals surface area (Å²) in [6, 6.07) is 8.91. The van der Waals surface area contributed by atoms with E-state index in [1.165, 1.54) is 24.3 Å². The molecule has 0 amide bonds. The van der Waals surface area contributed by atoms with E-state index in [-0.39, 0.29) is 11.5 Å². The van der Waals surface area contributed by atoms with Gasteiger partial charge in [-0.05, 0) is 42.4 Å². The van der Waals surface area contributed by atoms with E-state index < -0.39 is 11.6 Å². The first kappa shape index (κ1) is 14.9. The van der Waals surface area contributed by atoms with Crippen molar-refractivity contribution in [3.05, 3.63) is 58.1 Å². The van der Waals surface area contributed by atoms with Gasteiger partial charge in [0.15, 0.2) is 23.1 Å². The third-order valence-corrected chi connectivity index (χ3v) is 3.18. The third kappa shape index (κ3) is 3.77. The van der Waals surface area contributed by atoms with Crippen LogP contribution in [0.2, 0.25) is 0 Å². The minimum Gasteiger partial charge on any atom is -0.451 e. The zero-order valence-electron chi connectivity index (χ0n) is 10.9. The number of ether oxygens (including phenoxy) is 1. The van der Waals surface area contributed by atoms with Crippen molar-refractivity contribution >= 4 is 15.9 Å². The molecule has 0 heterocycles. The average Bonchev–Trinajstić information content (AvgIpc) is 2.43. The Morgan fingerprint density at radius 3 is 2.55 bits per heavy atom. The molecule has 2 nitrogen and oxygen atoms in total. The lowest BCUT2D eigenvalue weighted by Crippen LogP contribution is -2.11. The van der Waals surface area contributed by atoms with Crippen LogP contribution in [0.15, 0.2) is 40.9 Å². The molecule has 0 unspecified atom stereocenters. The van der Waals surface area contributed by atoms with Crippen molar-refractivity contribution in [3.63, 3.8) is 0 Å². The van der Waals surface area contributed by atoms with E-state index >= 15 is 0 Å². The topological polar surface area (TPSA) is 21.3 Å². The molecule has 0 bridgehead atoms. The highest BCUT2D eigenvalue weighted by molar-refractivity contribution is 9.10. The summed E-state index contributed by atoms with van der Waals surface area (Å²) >= 11 is 3.22. The fourth-order valence-corrected chi connectivity index (χ4v) is 2.02. The van der Waals surface area contributed by atoms with Crippen LogP contribution in [0, 0.1) is 11.6 Å². The first-order valence-corrected chi connectivity index (χ1v) is 7.01. The van der Waals surface area contributed by atoms with Gasteiger partial charge in [-0.25, -0.2) is 8.78 Å². The molecule has 2 aromatic rings. The smallest absolute Gasteiger partial charge is 0.166 e. The van der Waals surface area contributed by atoms with Crippen molar-refractivity contribution in [2.24, 2.45) is 0 Å².